The average molecular weight is 200 g/mol. The Bertz CT molecular complexity index is 521. The molecular weight excluding hydrogens is 188 g/mol. The number of carbonyl (C=O) groups excluding carboxylic acids is 1. The minimum Gasteiger partial charge on any atom is -0.345 e. The third-order valence-corrected chi connectivity index (χ3v) is 2.40. The third kappa shape index (κ3) is 1.69. The number of para-hydroxylation sites is 1. The second-order valence-electron chi connectivity index (χ2n) is 3.43. The number of aryl methyl sites for hydroxylation is 1. The topological polar surface area (TPSA) is 34.4 Å². The molecule has 15 heavy (non-hydrogen) atoms. The molecule has 76 valence electrons. The summed E-state index contributed by atoms with van der Waals surface area (Å²) in [5, 5.41) is 1.01. The van der Waals surface area contributed by atoms with Gasteiger partial charge in [-0.15, -0.1) is 0 Å². The van der Waals surface area contributed by atoms with E-state index in [1.807, 2.05) is 30.5 Å². The molecule has 2 aromatic rings. The van der Waals surface area contributed by atoms with Crippen molar-refractivity contribution in [3.05, 3.63) is 30.5 Å². The summed E-state index contributed by atoms with van der Waals surface area (Å²) in [5.74, 6) is 0. The summed E-state index contributed by atoms with van der Waals surface area (Å²) in [6, 6.07) is 7.94. The molecule has 0 fully saturated rings. The van der Waals surface area contributed by atoms with Crippen LogP contribution in [0.4, 0.5) is 5.69 Å². The van der Waals surface area contributed by atoms with Crippen molar-refractivity contribution in [2.75, 3.05) is 0 Å². The van der Waals surface area contributed by atoms with Crippen LogP contribution in [0.15, 0.2) is 35.5 Å². The Morgan fingerprint density at radius 3 is 2.93 bits per heavy atom. The van der Waals surface area contributed by atoms with Crippen molar-refractivity contribution in [3.63, 3.8) is 0 Å². The molecule has 0 aliphatic carbocycles. The molecule has 3 nitrogen and oxygen atoms in total. The zero-order chi connectivity index (χ0) is 10.7. The molecule has 2 rings (SSSR count). The van der Waals surface area contributed by atoms with Gasteiger partial charge in [-0.3, -0.25) is 0 Å². The normalized spacial score (nSPS) is 10.2. The smallest absolute Gasteiger partial charge is 0.240 e. The Labute approximate surface area is 88.0 Å². The summed E-state index contributed by atoms with van der Waals surface area (Å²) in [4.78, 5) is 14.0. The van der Waals surface area contributed by atoms with Gasteiger partial charge >= 0.3 is 0 Å². The molecule has 0 atom stereocenters. The number of nitrogens with zero attached hydrogens (tertiary/aromatic N) is 2. The molecule has 0 amide bonds. The van der Waals surface area contributed by atoms with E-state index in [2.05, 4.69) is 16.5 Å². The van der Waals surface area contributed by atoms with Crippen LogP contribution in [0.1, 0.15) is 13.3 Å². The number of rotatable bonds is 3. The summed E-state index contributed by atoms with van der Waals surface area (Å²) in [6.07, 6.45) is 4.55. The summed E-state index contributed by atoms with van der Waals surface area (Å²) >= 11 is 0. The van der Waals surface area contributed by atoms with Crippen molar-refractivity contribution in [1.29, 1.82) is 0 Å². The Morgan fingerprint density at radius 2 is 2.20 bits per heavy atom. The van der Waals surface area contributed by atoms with E-state index in [0.717, 1.165) is 23.9 Å². The number of hydrogen-bond acceptors (Lipinski definition) is 2. The van der Waals surface area contributed by atoms with Gasteiger partial charge < -0.3 is 4.57 Å². The molecule has 0 N–H and O–H groups in total. The monoisotopic (exact) mass is 200 g/mol. The second-order valence-corrected chi connectivity index (χ2v) is 3.43. The van der Waals surface area contributed by atoms with Crippen molar-refractivity contribution in [2.24, 2.45) is 4.99 Å². The number of aliphatic imine (C=N–C) groups is 1. The number of hydrogen-bond donors (Lipinski definition) is 0. The minimum atomic E-state index is 0.703. The van der Waals surface area contributed by atoms with Crippen LogP contribution in [0.5, 0.6) is 0 Å². The largest absolute Gasteiger partial charge is 0.345 e. The molecule has 0 spiro atoms. The fourth-order valence-corrected chi connectivity index (χ4v) is 1.79. The van der Waals surface area contributed by atoms with Crippen LogP contribution in [0.25, 0.3) is 10.9 Å². The van der Waals surface area contributed by atoms with Crippen molar-refractivity contribution in [2.45, 2.75) is 19.9 Å². The van der Waals surface area contributed by atoms with Crippen LogP contribution in [-0.4, -0.2) is 10.6 Å². The molecule has 0 unspecified atom stereocenters. The van der Waals surface area contributed by atoms with E-state index in [-0.39, 0.29) is 0 Å². The van der Waals surface area contributed by atoms with Crippen molar-refractivity contribution < 1.29 is 4.79 Å². The number of aromatic nitrogens is 1. The van der Waals surface area contributed by atoms with Crippen LogP contribution in [-0.2, 0) is 11.3 Å². The zero-order valence-corrected chi connectivity index (χ0v) is 8.60. The lowest BCUT2D eigenvalue weighted by atomic mass is 10.2. The quantitative estimate of drug-likeness (QED) is 0.554. The van der Waals surface area contributed by atoms with Gasteiger partial charge in [0.15, 0.2) is 0 Å². The van der Waals surface area contributed by atoms with E-state index in [9.17, 15) is 4.79 Å². The third-order valence-electron chi connectivity index (χ3n) is 2.40. The summed E-state index contributed by atoms with van der Waals surface area (Å²) in [7, 11) is 0. The van der Waals surface area contributed by atoms with Crippen LogP contribution in [0.3, 0.4) is 0 Å². The second kappa shape index (κ2) is 4.11. The van der Waals surface area contributed by atoms with Crippen LogP contribution in [0, 0.1) is 0 Å². The highest BCUT2D eigenvalue weighted by molar-refractivity contribution is 5.92. The molecular formula is C12H12N2O. The molecule has 1 aromatic carbocycles. The lowest BCUT2D eigenvalue weighted by molar-refractivity contribution is 0.565. The molecule has 1 heterocycles. The van der Waals surface area contributed by atoms with Crippen molar-refractivity contribution in [1.82, 2.24) is 4.57 Å². The Balaban J connectivity index is 2.67. The lowest BCUT2D eigenvalue weighted by Gasteiger charge is -2.00. The highest BCUT2D eigenvalue weighted by Crippen LogP contribution is 2.27. The van der Waals surface area contributed by atoms with Gasteiger partial charge in [-0.05, 0) is 12.5 Å². The molecule has 0 saturated carbocycles. The minimum absolute atomic E-state index is 0.703. The Hall–Kier alpha value is -1.86. The van der Waals surface area contributed by atoms with Crippen molar-refractivity contribution >= 4 is 22.7 Å². The molecule has 0 radical (unpaired) electrons. The maximum absolute atomic E-state index is 10.3. The van der Waals surface area contributed by atoms with Crippen molar-refractivity contribution in [3.8, 4) is 0 Å². The van der Waals surface area contributed by atoms with Crippen LogP contribution in [0.2, 0.25) is 0 Å². The van der Waals surface area contributed by atoms with Gasteiger partial charge in [-0.2, -0.15) is 4.99 Å². The Morgan fingerprint density at radius 1 is 1.40 bits per heavy atom. The molecule has 1 aromatic heterocycles. The molecule has 0 aliphatic heterocycles. The van der Waals surface area contributed by atoms with Crippen LogP contribution < -0.4 is 0 Å². The molecule has 0 saturated heterocycles. The first-order valence-corrected chi connectivity index (χ1v) is 5.02. The van der Waals surface area contributed by atoms with Gasteiger partial charge in [-0.1, -0.05) is 25.1 Å². The molecule has 0 bridgehead atoms. The van der Waals surface area contributed by atoms with Gasteiger partial charge in [0.05, 0.1) is 5.52 Å². The van der Waals surface area contributed by atoms with Gasteiger partial charge in [-0.25, -0.2) is 4.79 Å². The molecule has 0 aliphatic rings. The van der Waals surface area contributed by atoms with Gasteiger partial charge in [0.1, 0.15) is 5.69 Å². The fourth-order valence-electron chi connectivity index (χ4n) is 1.79. The number of isocyanates is 1. The maximum Gasteiger partial charge on any atom is 0.240 e. The summed E-state index contributed by atoms with van der Waals surface area (Å²) < 4.78 is 2.12. The SMILES string of the molecule is CCCn1cc(N=C=O)c2ccccc21. The van der Waals surface area contributed by atoms with E-state index in [0.29, 0.717) is 5.69 Å². The van der Waals surface area contributed by atoms with Gasteiger partial charge in [0.2, 0.25) is 6.08 Å². The first-order chi connectivity index (χ1) is 7.36. The first-order valence-electron chi connectivity index (χ1n) is 5.02. The number of benzene rings is 1. The summed E-state index contributed by atoms with van der Waals surface area (Å²) in [6.45, 7) is 3.06. The Kier molecular flexibility index (Phi) is 2.66. The predicted molar refractivity (Wildman–Crippen MR) is 60.0 cm³/mol. The van der Waals surface area contributed by atoms with E-state index in [1.165, 1.54) is 0 Å². The van der Waals surface area contributed by atoms with Crippen LogP contribution >= 0.6 is 0 Å². The number of fused-ring (bicyclic) bond motifs is 1. The average Bonchev–Trinajstić information content (AvgIpc) is 2.59. The van der Waals surface area contributed by atoms with E-state index >= 15 is 0 Å². The van der Waals surface area contributed by atoms with Gasteiger partial charge in [0, 0.05) is 18.1 Å². The van der Waals surface area contributed by atoms with Gasteiger partial charge in [0.25, 0.3) is 0 Å². The first kappa shape index (κ1) is 9.69. The van der Waals surface area contributed by atoms with E-state index in [1.54, 1.807) is 6.08 Å². The standard InChI is InChI=1S/C12H12N2O/c1-2-7-14-8-11(13-9-15)10-5-3-4-6-12(10)14/h3-6,8H,2,7H2,1H3. The highest BCUT2D eigenvalue weighted by atomic mass is 16.1. The maximum atomic E-state index is 10.3. The van der Waals surface area contributed by atoms with E-state index < -0.39 is 0 Å². The predicted octanol–water partition coefficient (Wildman–Crippen LogP) is 3.02. The lowest BCUT2D eigenvalue weighted by Crippen LogP contribution is -1.92. The highest BCUT2D eigenvalue weighted by Gasteiger charge is 2.05. The molecule has 3 heteroatoms. The fraction of sp³-hybridized carbons (Fsp3) is 0.250. The zero-order valence-electron chi connectivity index (χ0n) is 8.60. The van der Waals surface area contributed by atoms with E-state index in [4.69, 9.17) is 0 Å². The summed E-state index contributed by atoms with van der Waals surface area (Å²) in [5.41, 5.74) is 1.82.